The van der Waals surface area contributed by atoms with E-state index in [1.807, 2.05) is 42.5 Å². The van der Waals surface area contributed by atoms with Crippen LogP contribution in [0, 0.1) is 0 Å². The van der Waals surface area contributed by atoms with E-state index in [0.717, 1.165) is 11.3 Å². The first-order valence-corrected chi connectivity index (χ1v) is 8.25. The molecule has 0 N–H and O–H groups in total. The maximum Gasteiger partial charge on any atom is 0.359 e. The smallest absolute Gasteiger partial charge is 0.359 e. The molecule has 0 radical (unpaired) electrons. The van der Waals surface area contributed by atoms with Gasteiger partial charge in [-0.05, 0) is 17.7 Å². The molecule has 0 unspecified atom stereocenters. The van der Waals surface area contributed by atoms with Crippen LogP contribution >= 0.6 is 0 Å². The van der Waals surface area contributed by atoms with E-state index in [4.69, 9.17) is 4.74 Å². The summed E-state index contributed by atoms with van der Waals surface area (Å²) >= 11 is 0. The topological polar surface area (TPSA) is 76.3 Å². The molecule has 0 saturated carbocycles. The van der Waals surface area contributed by atoms with Gasteiger partial charge in [-0.1, -0.05) is 36.4 Å². The van der Waals surface area contributed by atoms with Crippen molar-refractivity contribution in [2.24, 2.45) is 5.10 Å². The van der Waals surface area contributed by atoms with Gasteiger partial charge in [0.05, 0.1) is 12.3 Å². The Balaban J connectivity index is 1.38. The van der Waals surface area contributed by atoms with Gasteiger partial charge in [-0.15, -0.1) is 0 Å². The fraction of sp³-hybridized carbons (Fsp3) is 0.158. The van der Waals surface area contributed by atoms with E-state index in [0.29, 0.717) is 18.6 Å². The summed E-state index contributed by atoms with van der Waals surface area (Å²) in [4.78, 5) is 28.5. The summed E-state index contributed by atoms with van der Waals surface area (Å²) in [7, 11) is 0. The fourth-order valence-electron chi connectivity index (χ4n) is 2.78. The second-order valence-corrected chi connectivity index (χ2v) is 5.85. The summed E-state index contributed by atoms with van der Waals surface area (Å²) in [6, 6.07) is 15.1. The molecule has 0 bridgehead atoms. The molecule has 2 aromatic heterocycles. The molecular weight excluding hydrogens is 332 g/mol. The number of ether oxygens (including phenoxy) is 1. The van der Waals surface area contributed by atoms with Crippen LogP contribution in [-0.2, 0) is 9.53 Å². The zero-order valence-electron chi connectivity index (χ0n) is 13.9. The van der Waals surface area contributed by atoms with Gasteiger partial charge in [-0.25, -0.2) is 14.8 Å². The second kappa shape index (κ2) is 6.79. The number of esters is 1. The van der Waals surface area contributed by atoms with Crippen molar-refractivity contribution < 1.29 is 14.3 Å². The predicted molar refractivity (Wildman–Crippen MR) is 94.8 cm³/mol. The van der Waals surface area contributed by atoms with Gasteiger partial charge in [-0.2, -0.15) is 5.10 Å². The summed E-state index contributed by atoms with van der Waals surface area (Å²) in [5.41, 5.74) is 2.65. The Labute approximate surface area is 149 Å². The SMILES string of the molecule is O=C(OCC(=O)N1CCC(c2ccccc2)=N1)c1cn2ccccc2n1. The van der Waals surface area contributed by atoms with Gasteiger partial charge >= 0.3 is 5.97 Å². The molecule has 1 amide bonds. The molecule has 1 aromatic carbocycles. The number of aromatic nitrogens is 2. The number of fused-ring (bicyclic) bond motifs is 1. The van der Waals surface area contributed by atoms with Crippen molar-refractivity contribution in [2.45, 2.75) is 6.42 Å². The van der Waals surface area contributed by atoms with Crippen molar-refractivity contribution in [3.05, 3.63) is 72.2 Å². The van der Waals surface area contributed by atoms with E-state index >= 15 is 0 Å². The summed E-state index contributed by atoms with van der Waals surface area (Å²) < 4.78 is 6.82. The van der Waals surface area contributed by atoms with Gasteiger partial charge in [0.1, 0.15) is 5.65 Å². The number of hydrogen-bond donors (Lipinski definition) is 0. The number of rotatable bonds is 4. The third kappa shape index (κ3) is 3.19. The number of nitrogens with zero attached hydrogens (tertiary/aromatic N) is 4. The minimum absolute atomic E-state index is 0.166. The quantitative estimate of drug-likeness (QED) is 0.677. The monoisotopic (exact) mass is 348 g/mol. The normalized spacial score (nSPS) is 13.7. The lowest BCUT2D eigenvalue weighted by Crippen LogP contribution is -2.28. The number of pyridine rings is 1. The van der Waals surface area contributed by atoms with Crippen LogP contribution in [0.25, 0.3) is 5.65 Å². The molecule has 1 aliphatic heterocycles. The molecule has 0 saturated heterocycles. The molecule has 1 aliphatic rings. The average Bonchev–Trinajstić information content (AvgIpc) is 3.33. The van der Waals surface area contributed by atoms with E-state index in [-0.39, 0.29) is 18.2 Å². The fourth-order valence-corrected chi connectivity index (χ4v) is 2.78. The number of hydrogen-bond acceptors (Lipinski definition) is 5. The molecule has 3 heterocycles. The summed E-state index contributed by atoms with van der Waals surface area (Å²) in [5.74, 6) is -0.985. The average molecular weight is 348 g/mol. The van der Waals surface area contributed by atoms with Crippen LogP contribution in [0.3, 0.4) is 0 Å². The maximum absolute atomic E-state index is 12.2. The largest absolute Gasteiger partial charge is 0.451 e. The van der Waals surface area contributed by atoms with E-state index in [1.165, 1.54) is 5.01 Å². The van der Waals surface area contributed by atoms with Crippen LogP contribution in [-0.4, -0.2) is 45.1 Å². The van der Waals surface area contributed by atoms with E-state index < -0.39 is 5.97 Å². The standard InChI is InChI=1S/C19H16N4O3/c24-18(23-11-9-15(21-23)14-6-2-1-3-7-14)13-26-19(25)16-12-22-10-5-4-8-17(22)20-16/h1-8,10,12H,9,11,13H2. The van der Waals surface area contributed by atoms with Crippen molar-refractivity contribution in [3.63, 3.8) is 0 Å². The lowest BCUT2D eigenvalue weighted by molar-refractivity contribution is -0.134. The van der Waals surface area contributed by atoms with E-state index in [9.17, 15) is 9.59 Å². The zero-order chi connectivity index (χ0) is 17.9. The minimum Gasteiger partial charge on any atom is -0.451 e. The lowest BCUT2D eigenvalue weighted by atomic mass is 10.1. The molecule has 130 valence electrons. The van der Waals surface area contributed by atoms with Crippen molar-refractivity contribution in [2.75, 3.05) is 13.2 Å². The highest BCUT2D eigenvalue weighted by molar-refractivity contribution is 6.02. The number of carbonyl (C=O) groups is 2. The van der Waals surface area contributed by atoms with Gasteiger partial charge in [0.2, 0.25) is 0 Å². The minimum atomic E-state index is -0.631. The zero-order valence-corrected chi connectivity index (χ0v) is 13.9. The number of carbonyl (C=O) groups excluding carboxylic acids is 2. The molecular formula is C19H16N4O3. The third-order valence-corrected chi connectivity index (χ3v) is 4.10. The molecule has 7 nitrogen and oxygen atoms in total. The van der Waals surface area contributed by atoms with Crippen LogP contribution in [0.2, 0.25) is 0 Å². The molecule has 0 atom stereocenters. The highest BCUT2D eigenvalue weighted by Gasteiger charge is 2.23. The Morgan fingerprint density at radius 1 is 1.08 bits per heavy atom. The van der Waals surface area contributed by atoms with Crippen molar-refractivity contribution in [1.29, 1.82) is 0 Å². The van der Waals surface area contributed by atoms with E-state index in [1.54, 1.807) is 22.9 Å². The Hall–Kier alpha value is -3.48. The van der Waals surface area contributed by atoms with Crippen LogP contribution in [0.5, 0.6) is 0 Å². The first-order valence-electron chi connectivity index (χ1n) is 8.25. The molecule has 3 aromatic rings. The van der Waals surface area contributed by atoms with Crippen molar-refractivity contribution in [1.82, 2.24) is 14.4 Å². The summed E-state index contributed by atoms with van der Waals surface area (Å²) in [6.07, 6.45) is 4.04. The van der Waals surface area contributed by atoms with Crippen LogP contribution in [0.4, 0.5) is 0 Å². The molecule has 4 rings (SSSR count). The Morgan fingerprint density at radius 2 is 1.88 bits per heavy atom. The lowest BCUT2D eigenvalue weighted by Gasteiger charge is -2.10. The van der Waals surface area contributed by atoms with Crippen molar-refractivity contribution >= 4 is 23.2 Å². The third-order valence-electron chi connectivity index (χ3n) is 4.10. The van der Waals surface area contributed by atoms with Gasteiger partial charge in [0.15, 0.2) is 12.3 Å². The molecule has 0 aliphatic carbocycles. The van der Waals surface area contributed by atoms with Crippen LogP contribution in [0.1, 0.15) is 22.5 Å². The van der Waals surface area contributed by atoms with Gasteiger partial charge in [-0.3, -0.25) is 4.79 Å². The van der Waals surface area contributed by atoms with Crippen LogP contribution < -0.4 is 0 Å². The molecule has 26 heavy (non-hydrogen) atoms. The van der Waals surface area contributed by atoms with Gasteiger partial charge in [0.25, 0.3) is 5.91 Å². The number of benzene rings is 1. The molecule has 7 heteroatoms. The van der Waals surface area contributed by atoms with Crippen molar-refractivity contribution in [3.8, 4) is 0 Å². The van der Waals surface area contributed by atoms with E-state index in [2.05, 4.69) is 10.1 Å². The summed E-state index contributed by atoms with van der Waals surface area (Å²) in [5, 5.41) is 5.68. The Bertz CT molecular complexity index is 961. The summed E-state index contributed by atoms with van der Waals surface area (Å²) in [6.45, 7) is 0.118. The predicted octanol–water partition coefficient (Wildman–Crippen LogP) is 2.13. The molecule has 0 spiro atoms. The van der Waals surface area contributed by atoms with Gasteiger partial charge < -0.3 is 9.14 Å². The number of imidazole rings is 1. The Morgan fingerprint density at radius 3 is 2.69 bits per heavy atom. The second-order valence-electron chi connectivity index (χ2n) is 5.85. The first kappa shape index (κ1) is 16.0. The Kier molecular flexibility index (Phi) is 4.18. The van der Waals surface area contributed by atoms with Crippen LogP contribution in [0.15, 0.2) is 66.0 Å². The van der Waals surface area contributed by atoms with Gasteiger partial charge in [0, 0.05) is 18.8 Å². The maximum atomic E-state index is 12.2. The highest BCUT2D eigenvalue weighted by Crippen LogP contribution is 2.14. The first-order chi connectivity index (χ1) is 12.7. The number of amides is 1. The highest BCUT2D eigenvalue weighted by atomic mass is 16.5. The number of hydrazone groups is 1. The molecule has 0 fully saturated rings.